The number of urea groups is 1. The van der Waals surface area contributed by atoms with Gasteiger partial charge in [0.05, 0.1) is 13.7 Å². The number of ether oxygens (including phenoxy) is 1. The van der Waals surface area contributed by atoms with E-state index >= 15 is 0 Å². The molecule has 0 saturated heterocycles. The zero-order valence-corrected chi connectivity index (χ0v) is 21.1. The first-order valence-electron chi connectivity index (χ1n) is 12.6. The van der Waals surface area contributed by atoms with Crippen LogP contribution in [0.3, 0.4) is 0 Å². The van der Waals surface area contributed by atoms with Gasteiger partial charge in [0, 0.05) is 36.6 Å². The third-order valence-corrected chi connectivity index (χ3v) is 7.43. The Morgan fingerprint density at radius 1 is 1.16 bits per heavy atom. The molecule has 1 saturated carbocycles. The third-order valence-electron chi connectivity index (χ3n) is 7.43. The standard InChI is InChI=1S/C28H32N6O3/c1-4-25(35)30-24-15-19(18-7-5-6-8-18)9-14-23(24)31-27-29-16-20-17-34(28(36)33(2)26(20)32-27)21-10-12-22(37-3)13-11-21/h4-8,10-13,16,18-19,23-24H,1,9,14-15,17H2,2-3H3,(H,30,35)(H,29,31,32)/t19?,23-,24+/m1/s1. The van der Waals surface area contributed by atoms with Crippen LogP contribution in [-0.4, -0.2) is 48.1 Å². The highest BCUT2D eigenvalue weighted by molar-refractivity contribution is 6.05. The Morgan fingerprint density at radius 2 is 1.92 bits per heavy atom. The number of benzene rings is 1. The van der Waals surface area contributed by atoms with E-state index in [1.165, 1.54) is 6.08 Å². The van der Waals surface area contributed by atoms with Gasteiger partial charge in [0.25, 0.3) is 0 Å². The van der Waals surface area contributed by atoms with E-state index in [-0.39, 0.29) is 24.0 Å². The lowest BCUT2D eigenvalue weighted by atomic mass is 9.76. The van der Waals surface area contributed by atoms with Crippen molar-refractivity contribution < 1.29 is 14.3 Å². The number of hydrogen-bond donors (Lipinski definition) is 2. The molecular weight excluding hydrogens is 468 g/mol. The second kappa shape index (κ2) is 10.5. The van der Waals surface area contributed by atoms with Crippen molar-refractivity contribution in [2.45, 2.75) is 37.9 Å². The van der Waals surface area contributed by atoms with Crippen LogP contribution >= 0.6 is 0 Å². The van der Waals surface area contributed by atoms with E-state index in [0.717, 1.165) is 36.3 Å². The summed E-state index contributed by atoms with van der Waals surface area (Å²) in [5.74, 6) is 2.42. The summed E-state index contributed by atoms with van der Waals surface area (Å²) in [6, 6.07) is 7.09. The van der Waals surface area contributed by atoms with Gasteiger partial charge in [0.15, 0.2) is 0 Å². The van der Waals surface area contributed by atoms with Crippen molar-refractivity contribution in [1.29, 1.82) is 0 Å². The summed E-state index contributed by atoms with van der Waals surface area (Å²) in [6.07, 6.45) is 14.4. The van der Waals surface area contributed by atoms with Crippen LogP contribution in [0.4, 0.5) is 22.2 Å². The minimum Gasteiger partial charge on any atom is -0.497 e. The summed E-state index contributed by atoms with van der Waals surface area (Å²) < 4.78 is 5.23. The number of methoxy groups -OCH3 is 1. The van der Waals surface area contributed by atoms with Gasteiger partial charge in [-0.15, -0.1) is 0 Å². The summed E-state index contributed by atoms with van der Waals surface area (Å²) in [5.41, 5.74) is 1.62. The molecule has 2 N–H and O–H groups in total. The number of carbonyl (C=O) groups excluding carboxylic acids is 2. The lowest BCUT2D eigenvalue weighted by molar-refractivity contribution is -0.117. The zero-order chi connectivity index (χ0) is 25.9. The summed E-state index contributed by atoms with van der Waals surface area (Å²) >= 11 is 0. The van der Waals surface area contributed by atoms with E-state index in [9.17, 15) is 9.59 Å². The molecule has 2 aliphatic carbocycles. The summed E-state index contributed by atoms with van der Waals surface area (Å²) in [6.45, 7) is 3.98. The number of hydrogen-bond acceptors (Lipinski definition) is 6. The van der Waals surface area contributed by atoms with Crippen molar-refractivity contribution in [3.05, 3.63) is 73.0 Å². The average Bonchev–Trinajstić information content (AvgIpc) is 3.47. The molecule has 3 atom stereocenters. The molecule has 1 fully saturated rings. The van der Waals surface area contributed by atoms with Crippen molar-refractivity contribution in [2.75, 3.05) is 29.3 Å². The Kier molecular flexibility index (Phi) is 6.94. The fraction of sp³-hybridized carbons (Fsp3) is 0.357. The van der Waals surface area contributed by atoms with E-state index in [0.29, 0.717) is 30.1 Å². The average molecular weight is 501 g/mol. The first-order valence-corrected chi connectivity index (χ1v) is 12.6. The second-order valence-corrected chi connectivity index (χ2v) is 9.66. The topological polar surface area (TPSA) is 99.7 Å². The predicted octanol–water partition coefficient (Wildman–Crippen LogP) is 4.06. The first kappa shape index (κ1) is 24.5. The summed E-state index contributed by atoms with van der Waals surface area (Å²) in [5, 5.41) is 6.54. The van der Waals surface area contributed by atoms with Crippen molar-refractivity contribution in [3.63, 3.8) is 0 Å². The van der Waals surface area contributed by atoms with Crippen LogP contribution < -0.4 is 25.2 Å². The highest BCUT2D eigenvalue weighted by Gasteiger charge is 2.35. The van der Waals surface area contributed by atoms with E-state index in [1.807, 2.05) is 24.3 Å². The van der Waals surface area contributed by atoms with Gasteiger partial charge in [-0.2, -0.15) is 4.98 Å². The Balaban J connectivity index is 1.33. The smallest absolute Gasteiger partial charge is 0.330 e. The number of allylic oxidation sites excluding steroid dienone is 4. The van der Waals surface area contributed by atoms with E-state index < -0.39 is 0 Å². The third kappa shape index (κ3) is 5.07. The predicted molar refractivity (Wildman–Crippen MR) is 144 cm³/mol. The molecule has 1 aromatic heterocycles. The van der Waals surface area contributed by atoms with Crippen molar-refractivity contribution in [3.8, 4) is 5.75 Å². The second-order valence-electron chi connectivity index (χ2n) is 9.66. The zero-order valence-electron chi connectivity index (χ0n) is 21.1. The molecule has 1 aromatic carbocycles. The number of nitrogens with zero attached hydrogens (tertiary/aromatic N) is 4. The van der Waals surface area contributed by atoms with Crippen LogP contribution in [-0.2, 0) is 11.3 Å². The molecule has 9 nitrogen and oxygen atoms in total. The van der Waals surface area contributed by atoms with E-state index in [1.54, 1.807) is 30.2 Å². The van der Waals surface area contributed by atoms with Crippen LogP contribution in [0.1, 0.15) is 24.8 Å². The monoisotopic (exact) mass is 500 g/mol. The molecule has 2 aromatic rings. The molecule has 37 heavy (non-hydrogen) atoms. The Labute approximate surface area is 216 Å². The van der Waals surface area contributed by atoms with E-state index in [2.05, 4.69) is 46.5 Å². The van der Waals surface area contributed by atoms with Crippen LogP contribution in [0.2, 0.25) is 0 Å². The summed E-state index contributed by atoms with van der Waals surface area (Å²) in [7, 11) is 3.33. The molecular formula is C28H32N6O3. The minimum absolute atomic E-state index is 0.0343. The van der Waals surface area contributed by atoms with Crippen molar-refractivity contribution in [2.24, 2.45) is 11.8 Å². The number of amides is 3. The van der Waals surface area contributed by atoms with Gasteiger partial charge >= 0.3 is 6.03 Å². The van der Waals surface area contributed by atoms with Crippen molar-refractivity contribution in [1.82, 2.24) is 15.3 Å². The molecule has 3 aliphatic rings. The highest BCUT2D eigenvalue weighted by atomic mass is 16.5. The number of aromatic nitrogens is 2. The van der Waals surface area contributed by atoms with Gasteiger partial charge in [0.2, 0.25) is 11.9 Å². The van der Waals surface area contributed by atoms with Gasteiger partial charge in [0.1, 0.15) is 11.6 Å². The van der Waals surface area contributed by atoms with Crippen LogP contribution in [0.5, 0.6) is 5.75 Å². The Bertz CT molecular complexity index is 1230. The van der Waals surface area contributed by atoms with Crippen LogP contribution in [0.15, 0.2) is 67.4 Å². The number of fused-ring (bicyclic) bond motifs is 1. The maximum Gasteiger partial charge on any atom is 0.330 e. The SMILES string of the molecule is C=CC(=O)N[C@H]1CC(C2C=CC=C2)CC[C@H]1Nc1ncc2c(n1)N(C)C(=O)N(c1ccc(OC)cc1)C2. The highest BCUT2D eigenvalue weighted by Crippen LogP contribution is 2.35. The molecule has 9 heteroatoms. The lowest BCUT2D eigenvalue weighted by Crippen LogP contribution is -2.51. The molecule has 1 aliphatic heterocycles. The quantitative estimate of drug-likeness (QED) is 0.557. The molecule has 3 amide bonds. The largest absolute Gasteiger partial charge is 0.497 e. The van der Waals surface area contributed by atoms with E-state index in [4.69, 9.17) is 9.72 Å². The fourth-order valence-corrected chi connectivity index (χ4v) is 5.40. The number of nitrogens with one attached hydrogen (secondary N) is 2. The van der Waals surface area contributed by atoms with Gasteiger partial charge in [-0.05, 0) is 61.4 Å². The lowest BCUT2D eigenvalue weighted by Gasteiger charge is -2.39. The fourth-order valence-electron chi connectivity index (χ4n) is 5.40. The number of rotatable bonds is 7. The maximum atomic E-state index is 13.2. The van der Waals surface area contributed by atoms with Gasteiger partial charge in [-0.1, -0.05) is 30.9 Å². The van der Waals surface area contributed by atoms with Gasteiger partial charge < -0.3 is 15.4 Å². The molecule has 0 spiro atoms. The number of carbonyl (C=O) groups is 2. The molecule has 0 radical (unpaired) electrons. The minimum atomic E-state index is -0.190. The molecule has 1 unspecified atom stereocenters. The molecule has 192 valence electrons. The normalized spacial score (nSPS) is 23.1. The van der Waals surface area contributed by atoms with Gasteiger partial charge in [-0.25, -0.2) is 9.78 Å². The van der Waals surface area contributed by atoms with Gasteiger partial charge in [-0.3, -0.25) is 14.6 Å². The Morgan fingerprint density at radius 3 is 2.62 bits per heavy atom. The summed E-state index contributed by atoms with van der Waals surface area (Å²) in [4.78, 5) is 37.9. The maximum absolute atomic E-state index is 13.2. The van der Waals surface area contributed by atoms with Crippen LogP contribution in [0, 0.1) is 11.8 Å². The first-order chi connectivity index (χ1) is 18.0. The Hall–Kier alpha value is -4.14. The molecule has 0 bridgehead atoms. The van der Waals surface area contributed by atoms with Crippen molar-refractivity contribution >= 4 is 29.4 Å². The van der Waals surface area contributed by atoms with Crippen LogP contribution in [0.25, 0.3) is 0 Å². The molecule has 5 rings (SSSR count). The molecule has 2 heterocycles. The number of anilines is 3.